The number of halogens is 1. The van der Waals surface area contributed by atoms with E-state index in [4.69, 9.17) is 0 Å². The zero-order chi connectivity index (χ0) is 14.1. The van der Waals surface area contributed by atoms with Gasteiger partial charge in [0.1, 0.15) is 0 Å². The summed E-state index contributed by atoms with van der Waals surface area (Å²) >= 11 is 0. The van der Waals surface area contributed by atoms with Crippen LogP contribution in [0, 0.1) is 5.41 Å². The smallest absolute Gasteiger partial charge is 0.281 e. The molecule has 3 heterocycles. The fraction of sp³-hybridized carbons (Fsp3) is 1.00. The molecule has 0 unspecified atom stereocenters. The van der Waals surface area contributed by atoms with Crippen molar-refractivity contribution < 1.29 is 8.42 Å². The Morgan fingerprint density at radius 3 is 2.00 bits per heavy atom. The van der Waals surface area contributed by atoms with E-state index < -0.39 is 10.2 Å². The van der Waals surface area contributed by atoms with Gasteiger partial charge >= 0.3 is 0 Å². The summed E-state index contributed by atoms with van der Waals surface area (Å²) in [6.45, 7) is 5.06. The van der Waals surface area contributed by atoms with Gasteiger partial charge < -0.3 is 5.32 Å². The third kappa shape index (κ3) is 3.72. The van der Waals surface area contributed by atoms with Crippen molar-refractivity contribution in [2.75, 3.05) is 39.3 Å². The molecule has 3 saturated heterocycles. The van der Waals surface area contributed by atoms with Crippen molar-refractivity contribution >= 4 is 22.6 Å². The highest BCUT2D eigenvalue weighted by molar-refractivity contribution is 7.86. The van der Waals surface area contributed by atoms with Gasteiger partial charge in [-0.3, -0.25) is 0 Å². The van der Waals surface area contributed by atoms with Crippen molar-refractivity contribution in [3.8, 4) is 0 Å². The Morgan fingerprint density at radius 1 is 0.762 bits per heavy atom. The second-order valence-electron chi connectivity index (χ2n) is 6.62. The molecule has 0 aromatic carbocycles. The lowest BCUT2D eigenvalue weighted by atomic mass is 9.73. The van der Waals surface area contributed by atoms with Gasteiger partial charge in [0.25, 0.3) is 10.2 Å². The van der Waals surface area contributed by atoms with Gasteiger partial charge in [0.2, 0.25) is 0 Å². The number of rotatable bonds is 2. The monoisotopic (exact) mass is 337 g/mol. The fourth-order valence-electron chi connectivity index (χ4n) is 4.00. The van der Waals surface area contributed by atoms with E-state index in [1.54, 1.807) is 8.61 Å². The van der Waals surface area contributed by atoms with Gasteiger partial charge in [-0.05, 0) is 63.5 Å². The minimum Gasteiger partial charge on any atom is -0.317 e. The van der Waals surface area contributed by atoms with Crippen LogP contribution in [-0.2, 0) is 10.2 Å². The van der Waals surface area contributed by atoms with Crippen molar-refractivity contribution in [1.82, 2.24) is 13.9 Å². The van der Waals surface area contributed by atoms with Crippen LogP contribution < -0.4 is 5.32 Å². The molecule has 0 aromatic heterocycles. The van der Waals surface area contributed by atoms with Crippen molar-refractivity contribution in [2.24, 2.45) is 5.41 Å². The van der Waals surface area contributed by atoms with Gasteiger partial charge in [0, 0.05) is 26.2 Å². The Labute approximate surface area is 135 Å². The molecule has 1 spiro atoms. The molecule has 0 saturated carbocycles. The van der Waals surface area contributed by atoms with Crippen LogP contribution >= 0.6 is 12.4 Å². The van der Waals surface area contributed by atoms with Crippen LogP contribution in [-0.4, -0.2) is 56.3 Å². The summed E-state index contributed by atoms with van der Waals surface area (Å²) in [5.41, 5.74) is 0.403. The number of nitrogens with zero attached hydrogens (tertiary/aromatic N) is 2. The molecular formula is C14H28ClN3O2S. The summed E-state index contributed by atoms with van der Waals surface area (Å²) in [7, 11) is -3.19. The van der Waals surface area contributed by atoms with Gasteiger partial charge in [0.05, 0.1) is 0 Å². The summed E-state index contributed by atoms with van der Waals surface area (Å²) < 4.78 is 28.7. The summed E-state index contributed by atoms with van der Waals surface area (Å²) in [4.78, 5) is 0. The Morgan fingerprint density at radius 2 is 1.33 bits per heavy atom. The maximum atomic E-state index is 12.7. The van der Waals surface area contributed by atoms with Crippen LogP contribution in [0.25, 0.3) is 0 Å². The highest BCUT2D eigenvalue weighted by atomic mass is 35.5. The maximum Gasteiger partial charge on any atom is 0.281 e. The molecule has 0 amide bonds. The summed E-state index contributed by atoms with van der Waals surface area (Å²) in [5, 5.41) is 3.42. The highest BCUT2D eigenvalue weighted by Gasteiger charge is 2.38. The molecule has 0 atom stereocenters. The Hall–Kier alpha value is 0.120. The van der Waals surface area contributed by atoms with Gasteiger partial charge in [-0.1, -0.05) is 0 Å². The zero-order valence-electron chi connectivity index (χ0n) is 12.7. The van der Waals surface area contributed by atoms with E-state index in [1.807, 2.05) is 0 Å². The topological polar surface area (TPSA) is 52.7 Å². The van der Waals surface area contributed by atoms with E-state index in [1.165, 1.54) is 19.3 Å². The number of hydrogen-bond donors (Lipinski definition) is 1. The first kappa shape index (κ1) is 17.5. The molecule has 21 heavy (non-hydrogen) atoms. The second kappa shape index (κ2) is 7.13. The average molecular weight is 338 g/mol. The Balaban J connectivity index is 0.00000161. The molecule has 0 aromatic rings. The molecule has 3 rings (SSSR count). The first-order chi connectivity index (χ1) is 9.62. The molecule has 124 valence electrons. The maximum absolute atomic E-state index is 12.7. The molecule has 0 bridgehead atoms. The van der Waals surface area contributed by atoms with Crippen molar-refractivity contribution in [3.05, 3.63) is 0 Å². The van der Waals surface area contributed by atoms with E-state index in [-0.39, 0.29) is 12.4 Å². The Bertz CT molecular complexity index is 432. The summed E-state index contributed by atoms with van der Waals surface area (Å²) in [6, 6.07) is 0. The van der Waals surface area contributed by atoms with E-state index in [2.05, 4.69) is 5.32 Å². The van der Waals surface area contributed by atoms with Crippen LogP contribution in [0.2, 0.25) is 0 Å². The quantitative estimate of drug-likeness (QED) is 0.832. The van der Waals surface area contributed by atoms with Crippen LogP contribution in [0.1, 0.15) is 44.9 Å². The van der Waals surface area contributed by atoms with E-state index in [0.29, 0.717) is 25.0 Å². The molecule has 0 radical (unpaired) electrons. The van der Waals surface area contributed by atoms with E-state index >= 15 is 0 Å². The SMILES string of the molecule is Cl.O=S(=O)(N1CCCC1)N1CCCC2(CCNCC2)CC1. The molecule has 0 aliphatic carbocycles. The van der Waals surface area contributed by atoms with Crippen LogP contribution in [0.4, 0.5) is 0 Å². The van der Waals surface area contributed by atoms with Crippen molar-refractivity contribution in [3.63, 3.8) is 0 Å². The van der Waals surface area contributed by atoms with E-state index in [0.717, 1.165) is 45.3 Å². The number of piperidine rings is 1. The minimum absolute atomic E-state index is 0. The first-order valence-electron chi connectivity index (χ1n) is 8.08. The van der Waals surface area contributed by atoms with Crippen molar-refractivity contribution in [2.45, 2.75) is 44.9 Å². The molecule has 7 heteroatoms. The normalized spacial score (nSPS) is 28.2. The van der Waals surface area contributed by atoms with Gasteiger partial charge in [-0.25, -0.2) is 0 Å². The van der Waals surface area contributed by atoms with Gasteiger partial charge in [-0.15, -0.1) is 12.4 Å². The van der Waals surface area contributed by atoms with Crippen molar-refractivity contribution in [1.29, 1.82) is 0 Å². The highest BCUT2D eigenvalue weighted by Crippen LogP contribution is 2.40. The predicted octanol–water partition coefficient (Wildman–Crippen LogP) is 1.60. The number of nitrogens with one attached hydrogen (secondary N) is 1. The lowest BCUT2D eigenvalue weighted by molar-refractivity contribution is 0.174. The Kier molecular flexibility index (Phi) is 5.93. The number of hydrogen-bond acceptors (Lipinski definition) is 3. The standard InChI is InChI=1S/C14H27N3O2S.ClH/c18-20(19,16-10-1-2-11-16)17-12-3-4-14(7-13-17)5-8-15-9-6-14;/h15H,1-13H2;1H. The van der Waals surface area contributed by atoms with Gasteiger partial charge in [0.15, 0.2) is 0 Å². The molecular weight excluding hydrogens is 310 g/mol. The third-order valence-corrected chi connectivity index (χ3v) is 7.42. The summed E-state index contributed by atoms with van der Waals surface area (Å²) in [5.74, 6) is 0. The average Bonchev–Trinajstić information content (AvgIpc) is 2.91. The van der Waals surface area contributed by atoms with Gasteiger partial charge in [-0.2, -0.15) is 17.0 Å². The molecule has 3 aliphatic rings. The van der Waals surface area contributed by atoms with E-state index in [9.17, 15) is 8.42 Å². The molecule has 1 N–H and O–H groups in total. The first-order valence-corrected chi connectivity index (χ1v) is 9.48. The largest absolute Gasteiger partial charge is 0.317 e. The minimum atomic E-state index is -3.19. The summed E-state index contributed by atoms with van der Waals surface area (Å²) in [6.07, 6.45) is 7.72. The predicted molar refractivity (Wildman–Crippen MR) is 86.9 cm³/mol. The van der Waals surface area contributed by atoms with Crippen LogP contribution in [0.15, 0.2) is 0 Å². The van der Waals surface area contributed by atoms with Crippen LogP contribution in [0.3, 0.4) is 0 Å². The zero-order valence-corrected chi connectivity index (χ0v) is 14.4. The fourth-order valence-corrected chi connectivity index (χ4v) is 5.73. The molecule has 3 aliphatic heterocycles. The molecule has 3 fully saturated rings. The third-order valence-electron chi connectivity index (χ3n) is 5.39. The lowest BCUT2D eigenvalue weighted by Gasteiger charge is -2.37. The van der Waals surface area contributed by atoms with Crippen LogP contribution in [0.5, 0.6) is 0 Å². The lowest BCUT2D eigenvalue weighted by Crippen LogP contribution is -2.43. The molecule has 5 nitrogen and oxygen atoms in total. The second-order valence-corrected chi connectivity index (χ2v) is 8.54.